The molecule has 22 heavy (non-hydrogen) atoms. The Morgan fingerprint density at radius 3 is 2.91 bits per heavy atom. The molecule has 0 aliphatic carbocycles. The van der Waals surface area contributed by atoms with Gasteiger partial charge in [-0.1, -0.05) is 23.8 Å². The summed E-state index contributed by atoms with van der Waals surface area (Å²) >= 11 is 0. The van der Waals surface area contributed by atoms with Crippen LogP contribution in [0.2, 0.25) is 0 Å². The standard InChI is InChI=1S/C17H25N3O2/c1-11-4-5-12(2)14(8-11)16-9-20(13(3)10-22-16)17(21)15-6-7-18-19-15/h4-5,8,13,15-16,18-19H,6-7,9-10H2,1-3H3. The van der Waals surface area contributed by atoms with Crippen LogP contribution in [-0.4, -0.2) is 42.6 Å². The van der Waals surface area contributed by atoms with Crippen LogP contribution in [0.25, 0.3) is 0 Å². The third-order valence-corrected chi connectivity index (χ3v) is 4.63. The van der Waals surface area contributed by atoms with Gasteiger partial charge in [0.2, 0.25) is 5.91 Å². The van der Waals surface area contributed by atoms with Crippen LogP contribution in [0.4, 0.5) is 0 Å². The first-order valence-electron chi connectivity index (χ1n) is 8.04. The molecule has 2 heterocycles. The molecule has 2 N–H and O–H groups in total. The van der Waals surface area contributed by atoms with Gasteiger partial charge in [0, 0.05) is 6.54 Å². The van der Waals surface area contributed by atoms with E-state index in [1.807, 2.05) is 4.90 Å². The van der Waals surface area contributed by atoms with Crippen molar-refractivity contribution in [2.45, 2.75) is 45.4 Å². The molecule has 5 heteroatoms. The topological polar surface area (TPSA) is 53.6 Å². The third kappa shape index (κ3) is 3.02. The Morgan fingerprint density at radius 1 is 1.36 bits per heavy atom. The van der Waals surface area contributed by atoms with Crippen molar-refractivity contribution < 1.29 is 9.53 Å². The fraction of sp³-hybridized carbons (Fsp3) is 0.588. The number of amides is 1. The van der Waals surface area contributed by atoms with Gasteiger partial charge in [-0.25, -0.2) is 5.43 Å². The number of carbonyl (C=O) groups excluding carboxylic acids is 1. The molecule has 1 amide bonds. The summed E-state index contributed by atoms with van der Waals surface area (Å²) in [7, 11) is 0. The van der Waals surface area contributed by atoms with Crippen LogP contribution in [0.5, 0.6) is 0 Å². The van der Waals surface area contributed by atoms with E-state index in [0.717, 1.165) is 13.0 Å². The average Bonchev–Trinajstić information content (AvgIpc) is 3.04. The normalized spacial score (nSPS) is 28.9. The van der Waals surface area contributed by atoms with Crippen molar-refractivity contribution in [2.75, 3.05) is 19.7 Å². The minimum atomic E-state index is -0.111. The maximum Gasteiger partial charge on any atom is 0.241 e. The highest BCUT2D eigenvalue weighted by molar-refractivity contribution is 5.82. The van der Waals surface area contributed by atoms with E-state index in [1.165, 1.54) is 16.7 Å². The number of nitrogens with one attached hydrogen (secondary N) is 2. The Balaban J connectivity index is 1.78. The van der Waals surface area contributed by atoms with Crippen molar-refractivity contribution in [3.05, 3.63) is 34.9 Å². The molecule has 1 aromatic carbocycles. The Kier molecular flexibility index (Phi) is 4.47. The van der Waals surface area contributed by atoms with E-state index in [9.17, 15) is 4.79 Å². The molecular weight excluding hydrogens is 278 g/mol. The lowest BCUT2D eigenvalue weighted by atomic mass is 9.98. The van der Waals surface area contributed by atoms with E-state index in [2.05, 4.69) is 49.8 Å². The fourth-order valence-corrected chi connectivity index (χ4v) is 3.23. The molecule has 2 aliphatic heterocycles. The number of ether oxygens (including phenoxy) is 1. The first kappa shape index (κ1) is 15.5. The average molecular weight is 303 g/mol. The second kappa shape index (κ2) is 6.36. The van der Waals surface area contributed by atoms with Gasteiger partial charge in [-0.3, -0.25) is 10.2 Å². The molecule has 1 aromatic rings. The molecule has 2 aliphatic rings. The maximum absolute atomic E-state index is 12.7. The quantitative estimate of drug-likeness (QED) is 0.868. The Hall–Kier alpha value is -1.43. The fourth-order valence-electron chi connectivity index (χ4n) is 3.23. The summed E-state index contributed by atoms with van der Waals surface area (Å²) in [6, 6.07) is 6.42. The molecule has 2 fully saturated rings. The lowest BCUT2D eigenvalue weighted by Crippen LogP contribution is -2.54. The number of hydrazine groups is 1. The van der Waals surface area contributed by atoms with Crippen LogP contribution in [-0.2, 0) is 9.53 Å². The molecule has 3 rings (SSSR count). The number of morpholine rings is 1. The second-order valence-corrected chi connectivity index (χ2v) is 6.43. The van der Waals surface area contributed by atoms with Crippen LogP contribution in [0.15, 0.2) is 18.2 Å². The van der Waals surface area contributed by atoms with Gasteiger partial charge in [-0.2, -0.15) is 0 Å². The second-order valence-electron chi connectivity index (χ2n) is 6.43. The molecule has 3 unspecified atom stereocenters. The van der Waals surface area contributed by atoms with Crippen molar-refractivity contribution in [2.24, 2.45) is 0 Å². The Labute approximate surface area is 132 Å². The molecule has 0 spiro atoms. The summed E-state index contributed by atoms with van der Waals surface area (Å²) in [6.45, 7) is 8.30. The minimum Gasteiger partial charge on any atom is -0.370 e. The summed E-state index contributed by atoms with van der Waals surface area (Å²) in [5.74, 6) is 0.177. The predicted octanol–water partition coefficient (Wildman–Crippen LogP) is 1.46. The number of carbonyl (C=O) groups is 1. The highest BCUT2D eigenvalue weighted by atomic mass is 16.5. The molecule has 2 saturated heterocycles. The van der Waals surface area contributed by atoms with Gasteiger partial charge in [0.1, 0.15) is 12.1 Å². The molecule has 5 nitrogen and oxygen atoms in total. The molecular formula is C17H25N3O2. The largest absolute Gasteiger partial charge is 0.370 e. The number of aryl methyl sites for hydroxylation is 2. The van der Waals surface area contributed by atoms with E-state index >= 15 is 0 Å². The summed E-state index contributed by atoms with van der Waals surface area (Å²) in [4.78, 5) is 14.7. The van der Waals surface area contributed by atoms with Crippen molar-refractivity contribution in [1.29, 1.82) is 0 Å². The summed E-state index contributed by atoms with van der Waals surface area (Å²) < 4.78 is 6.03. The van der Waals surface area contributed by atoms with Crippen LogP contribution in [0, 0.1) is 13.8 Å². The lowest BCUT2D eigenvalue weighted by Gasteiger charge is -2.39. The number of rotatable bonds is 2. The van der Waals surface area contributed by atoms with Gasteiger partial charge in [0.05, 0.1) is 19.2 Å². The van der Waals surface area contributed by atoms with E-state index in [0.29, 0.717) is 13.2 Å². The SMILES string of the molecule is Cc1ccc(C)c(C2CN(C(=O)C3CCNN3)C(C)CO2)c1. The van der Waals surface area contributed by atoms with Crippen molar-refractivity contribution >= 4 is 5.91 Å². The molecule has 3 atom stereocenters. The number of hydrogen-bond donors (Lipinski definition) is 2. The van der Waals surface area contributed by atoms with Crippen molar-refractivity contribution in [3.8, 4) is 0 Å². The molecule has 0 bridgehead atoms. The van der Waals surface area contributed by atoms with Crippen molar-refractivity contribution in [3.63, 3.8) is 0 Å². The van der Waals surface area contributed by atoms with Gasteiger partial charge in [0.25, 0.3) is 0 Å². The summed E-state index contributed by atoms with van der Waals surface area (Å²) in [5.41, 5.74) is 9.75. The van der Waals surface area contributed by atoms with E-state index in [-0.39, 0.29) is 24.1 Å². The van der Waals surface area contributed by atoms with E-state index in [4.69, 9.17) is 4.74 Å². The van der Waals surface area contributed by atoms with Crippen LogP contribution >= 0.6 is 0 Å². The highest BCUT2D eigenvalue weighted by Crippen LogP contribution is 2.28. The van der Waals surface area contributed by atoms with E-state index in [1.54, 1.807) is 0 Å². The summed E-state index contributed by atoms with van der Waals surface area (Å²) in [6.07, 6.45) is 0.811. The van der Waals surface area contributed by atoms with Gasteiger partial charge < -0.3 is 9.64 Å². The lowest BCUT2D eigenvalue weighted by molar-refractivity contribution is -0.146. The third-order valence-electron chi connectivity index (χ3n) is 4.63. The first-order valence-corrected chi connectivity index (χ1v) is 8.04. The van der Waals surface area contributed by atoms with Gasteiger partial charge in [-0.15, -0.1) is 0 Å². The van der Waals surface area contributed by atoms with Crippen LogP contribution < -0.4 is 10.9 Å². The predicted molar refractivity (Wildman–Crippen MR) is 85.3 cm³/mol. The van der Waals surface area contributed by atoms with Crippen LogP contribution in [0.1, 0.15) is 36.1 Å². The minimum absolute atomic E-state index is 0.0330. The van der Waals surface area contributed by atoms with Gasteiger partial charge >= 0.3 is 0 Å². The number of hydrogen-bond acceptors (Lipinski definition) is 4. The first-order chi connectivity index (χ1) is 10.6. The Morgan fingerprint density at radius 2 is 2.18 bits per heavy atom. The van der Waals surface area contributed by atoms with Gasteiger partial charge in [0.15, 0.2) is 0 Å². The van der Waals surface area contributed by atoms with Crippen molar-refractivity contribution in [1.82, 2.24) is 15.8 Å². The monoisotopic (exact) mass is 303 g/mol. The smallest absolute Gasteiger partial charge is 0.241 e. The summed E-state index contributed by atoms with van der Waals surface area (Å²) in [5, 5.41) is 0. The zero-order valence-electron chi connectivity index (χ0n) is 13.6. The molecule has 0 saturated carbocycles. The van der Waals surface area contributed by atoms with Gasteiger partial charge in [-0.05, 0) is 38.3 Å². The molecule has 0 aromatic heterocycles. The zero-order chi connectivity index (χ0) is 15.7. The maximum atomic E-state index is 12.7. The Bertz CT molecular complexity index is 555. The molecule has 0 radical (unpaired) electrons. The van der Waals surface area contributed by atoms with Crippen LogP contribution in [0.3, 0.4) is 0 Å². The number of benzene rings is 1. The molecule has 120 valence electrons. The zero-order valence-corrected chi connectivity index (χ0v) is 13.6. The highest BCUT2D eigenvalue weighted by Gasteiger charge is 2.35. The van der Waals surface area contributed by atoms with E-state index < -0.39 is 0 Å². The number of nitrogens with zero attached hydrogens (tertiary/aromatic N) is 1.